The minimum Gasteiger partial charge on any atom is -0.493 e. The number of nitrogens with one attached hydrogen (secondary N) is 1. The number of nitrogens with zero attached hydrogens (tertiary/aromatic N) is 1. The van der Waals surface area contributed by atoms with Crippen molar-refractivity contribution in [2.45, 2.75) is 26.2 Å². The number of aryl methyl sites for hydroxylation is 1. The van der Waals surface area contributed by atoms with Crippen molar-refractivity contribution in [1.82, 2.24) is 9.97 Å². The van der Waals surface area contributed by atoms with Gasteiger partial charge in [0.2, 0.25) is 0 Å². The zero-order valence-corrected chi connectivity index (χ0v) is 10.5. The average molecular weight is 234 g/mol. The molecule has 0 radical (unpaired) electrons. The number of unbranched alkanes of at least 4 members (excludes halogenated alkanes) is 1. The second-order valence-electron chi connectivity index (χ2n) is 4.01. The molecule has 4 heteroatoms. The molecule has 2 aromatic rings. The molecule has 1 aromatic carbocycles. The largest absolute Gasteiger partial charge is 0.493 e. The van der Waals surface area contributed by atoms with Crippen molar-refractivity contribution in [3.05, 3.63) is 18.0 Å². The Labute approximate surface area is 101 Å². The molecule has 1 N–H and O–H groups in total. The van der Waals surface area contributed by atoms with Crippen LogP contribution in [0.1, 0.15) is 25.6 Å². The van der Waals surface area contributed by atoms with Crippen LogP contribution < -0.4 is 9.47 Å². The maximum absolute atomic E-state index is 5.26. The van der Waals surface area contributed by atoms with Gasteiger partial charge in [-0.2, -0.15) is 0 Å². The van der Waals surface area contributed by atoms with Gasteiger partial charge in [0.15, 0.2) is 11.5 Å². The van der Waals surface area contributed by atoms with Crippen LogP contribution in [0.2, 0.25) is 0 Å². The predicted molar refractivity (Wildman–Crippen MR) is 67.8 cm³/mol. The molecule has 0 saturated heterocycles. The van der Waals surface area contributed by atoms with E-state index in [4.69, 9.17) is 9.47 Å². The normalized spacial score (nSPS) is 10.8. The quantitative estimate of drug-likeness (QED) is 0.865. The molecule has 0 atom stereocenters. The first-order valence-electron chi connectivity index (χ1n) is 5.89. The van der Waals surface area contributed by atoms with Gasteiger partial charge in [-0.3, -0.25) is 0 Å². The molecule has 0 aliphatic heterocycles. The van der Waals surface area contributed by atoms with E-state index in [9.17, 15) is 0 Å². The summed E-state index contributed by atoms with van der Waals surface area (Å²) in [5, 5.41) is 0. The molecule has 0 spiro atoms. The van der Waals surface area contributed by atoms with Gasteiger partial charge in [-0.05, 0) is 6.42 Å². The van der Waals surface area contributed by atoms with Gasteiger partial charge >= 0.3 is 0 Å². The molecule has 17 heavy (non-hydrogen) atoms. The topological polar surface area (TPSA) is 47.1 Å². The lowest BCUT2D eigenvalue weighted by Crippen LogP contribution is -1.89. The first-order valence-corrected chi connectivity index (χ1v) is 5.89. The van der Waals surface area contributed by atoms with Gasteiger partial charge < -0.3 is 14.5 Å². The number of aromatic nitrogens is 2. The number of rotatable bonds is 5. The Morgan fingerprint density at radius 3 is 2.53 bits per heavy atom. The fourth-order valence-corrected chi connectivity index (χ4v) is 1.85. The SMILES string of the molecule is CCCCc1nc2cc(OC)c(OC)cc2[nH]1. The molecular weight excluding hydrogens is 216 g/mol. The molecule has 4 nitrogen and oxygen atoms in total. The first kappa shape index (κ1) is 11.8. The Kier molecular flexibility index (Phi) is 3.52. The number of H-pyrrole nitrogens is 1. The zero-order valence-electron chi connectivity index (χ0n) is 10.5. The third kappa shape index (κ3) is 2.35. The highest BCUT2D eigenvalue weighted by Crippen LogP contribution is 2.31. The Hall–Kier alpha value is -1.71. The maximum atomic E-state index is 5.26. The molecule has 0 bridgehead atoms. The molecule has 92 valence electrons. The first-order chi connectivity index (χ1) is 8.28. The molecule has 0 unspecified atom stereocenters. The van der Waals surface area contributed by atoms with Crippen molar-refractivity contribution < 1.29 is 9.47 Å². The number of methoxy groups -OCH3 is 2. The summed E-state index contributed by atoms with van der Waals surface area (Å²) < 4.78 is 10.5. The van der Waals surface area contributed by atoms with Crippen molar-refractivity contribution in [1.29, 1.82) is 0 Å². The predicted octanol–water partition coefficient (Wildman–Crippen LogP) is 2.92. The highest BCUT2D eigenvalue weighted by molar-refractivity contribution is 5.79. The van der Waals surface area contributed by atoms with E-state index in [2.05, 4.69) is 16.9 Å². The number of hydrogen-bond donors (Lipinski definition) is 1. The number of fused-ring (bicyclic) bond motifs is 1. The number of imidazole rings is 1. The minimum atomic E-state index is 0.716. The van der Waals surface area contributed by atoms with E-state index < -0.39 is 0 Å². The van der Waals surface area contributed by atoms with Crippen LogP contribution in [0, 0.1) is 0 Å². The lowest BCUT2D eigenvalue weighted by molar-refractivity contribution is 0.356. The van der Waals surface area contributed by atoms with Gasteiger partial charge in [0, 0.05) is 18.6 Å². The second kappa shape index (κ2) is 5.08. The number of hydrogen-bond acceptors (Lipinski definition) is 3. The van der Waals surface area contributed by atoms with Gasteiger partial charge in [-0.25, -0.2) is 4.98 Å². The number of ether oxygens (including phenoxy) is 2. The van der Waals surface area contributed by atoms with E-state index in [1.54, 1.807) is 14.2 Å². The van der Waals surface area contributed by atoms with Gasteiger partial charge in [0.1, 0.15) is 5.82 Å². The van der Waals surface area contributed by atoms with E-state index in [0.717, 1.165) is 35.4 Å². The molecule has 1 aromatic heterocycles. The number of aromatic amines is 1. The van der Waals surface area contributed by atoms with E-state index in [0.29, 0.717) is 5.75 Å². The van der Waals surface area contributed by atoms with Crippen LogP contribution in [0.5, 0.6) is 11.5 Å². The average Bonchev–Trinajstić information content (AvgIpc) is 2.76. The van der Waals surface area contributed by atoms with Gasteiger partial charge in [0.25, 0.3) is 0 Å². The van der Waals surface area contributed by atoms with Crippen LogP contribution in [-0.4, -0.2) is 24.2 Å². The third-order valence-corrected chi connectivity index (χ3v) is 2.80. The van der Waals surface area contributed by atoms with Gasteiger partial charge in [0.05, 0.1) is 25.3 Å². The third-order valence-electron chi connectivity index (χ3n) is 2.80. The Morgan fingerprint density at radius 1 is 1.18 bits per heavy atom. The minimum absolute atomic E-state index is 0.716. The van der Waals surface area contributed by atoms with Crippen LogP contribution in [0.15, 0.2) is 12.1 Å². The van der Waals surface area contributed by atoms with Crippen LogP contribution >= 0.6 is 0 Å². The molecule has 2 rings (SSSR count). The molecule has 0 fully saturated rings. The molecular formula is C13H18N2O2. The van der Waals surface area contributed by atoms with E-state index >= 15 is 0 Å². The summed E-state index contributed by atoms with van der Waals surface area (Å²) in [7, 11) is 3.27. The summed E-state index contributed by atoms with van der Waals surface area (Å²) in [6.45, 7) is 2.18. The van der Waals surface area contributed by atoms with E-state index in [-0.39, 0.29) is 0 Å². The summed E-state index contributed by atoms with van der Waals surface area (Å²) in [5.41, 5.74) is 1.92. The molecule has 0 amide bonds. The lowest BCUT2D eigenvalue weighted by Gasteiger charge is -2.06. The van der Waals surface area contributed by atoms with Crippen LogP contribution in [-0.2, 0) is 6.42 Å². The lowest BCUT2D eigenvalue weighted by atomic mass is 10.2. The highest BCUT2D eigenvalue weighted by atomic mass is 16.5. The van der Waals surface area contributed by atoms with Gasteiger partial charge in [-0.15, -0.1) is 0 Å². The fraction of sp³-hybridized carbons (Fsp3) is 0.462. The Morgan fingerprint density at radius 2 is 1.88 bits per heavy atom. The van der Waals surface area contributed by atoms with Crippen molar-refractivity contribution in [3.8, 4) is 11.5 Å². The summed E-state index contributed by atoms with van der Waals surface area (Å²) in [5.74, 6) is 2.47. The summed E-state index contributed by atoms with van der Waals surface area (Å²) in [4.78, 5) is 7.85. The fourth-order valence-electron chi connectivity index (χ4n) is 1.85. The molecule has 0 saturated carbocycles. The summed E-state index contributed by atoms with van der Waals surface area (Å²) in [6.07, 6.45) is 3.30. The van der Waals surface area contributed by atoms with Crippen molar-refractivity contribution in [2.75, 3.05) is 14.2 Å². The maximum Gasteiger partial charge on any atom is 0.163 e. The van der Waals surface area contributed by atoms with Crippen molar-refractivity contribution >= 4 is 11.0 Å². The van der Waals surface area contributed by atoms with Crippen LogP contribution in [0.3, 0.4) is 0 Å². The Balaban J connectivity index is 2.39. The van der Waals surface area contributed by atoms with E-state index in [1.165, 1.54) is 6.42 Å². The molecule has 0 aliphatic carbocycles. The highest BCUT2D eigenvalue weighted by Gasteiger charge is 2.09. The van der Waals surface area contributed by atoms with E-state index in [1.807, 2.05) is 12.1 Å². The van der Waals surface area contributed by atoms with Crippen LogP contribution in [0.4, 0.5) is 0 Å². The monoisotopic (exact) mass is 234 g/mol. The number of benzene rings is 1. The Bertz CT molecular complexity index is 464. The zero-order chi connectivity index (χ0) is 12.3. The van der Waals surface area contributed by atoms with Crippen LogP contribution in [0.25, 0.3) is 11.0 Å². The summed E-state index contributed by atoms with van der Waals surface area (Å²) in [6, 6.07) is 3.83. The molecule has 0 aliphatic rings. The van der Waals surface area contributed by atoms with Crippen molar-refractivity contribution in [2.24, 2.45) is 0 Å². The molecule has 1 heterocycles. The van der Waals surface area contributed by atoms with Crippen molar-refractivity contribution in [3.63, 3.8) is 0 Å². The smallest absolute Gasteiger partial charge is 0.163 e. The van der Waals surface area contributed by atoms with Gasteiger partial charge in [-0.1, -0.05) is 13.3 Å². The summed E-state index contributed by atoms with van der Waals surface area (Å²) >= 11 is 0. The second-order valence-corrected chi connectivity index (χ2v) is 4.01. The standard InChI is InChI=1S/C13H18N2O2/c1-4-5-6-13-14-9-7-11(16-2)12(17-3)8-10(9)15-13/h7-8H,4-6H2,1-3H3,(H,14,15).